The van der Waals surface area contributed by atoms with E-state index in [1.807, 2.05) is 42.5 Å². The zero-order valence-corrected chi connectivity index (χ0v) is 11.3. The van der Waals surface area contributed by atoms with Crippen molar-refractivity contribution in [1.82, 2.24) is 4.98 Å². The second-order valence-electron chi connectivity index (χ2n) is 4.56. The highest BCUT2D eigenvalue weighted by molar-refractivity contribution is 5.78. The molecule has 0 saturated carbocycles. The highest BCUT2D eigenvalue weighted by Crippen LogP contribution is 2.31. The topological polar surface area (TPSA) is 61.3 Å². The maximum Gasteiger partial charge on any atom is 0.231 e. The third kappa shape index (κ3) is 2.26. The fourth-order valence-corrected chi connectivity index (χ4v) is 2.23. The van der Waals surface area contributed by atoms with Gasteiger partial charge in [-0.25, -0.2) is 4.98 Å². The lowest BCUT2D eigenvalue weighted by Gasteiger charge is -2.03. The Morgan fingerprint density at radius 1 is 1.20 bits per heavy atom. The Morgan fingerprint density at radius 3 is 2.85 bits per heavy atom. The Kier molecular flexibility index (Phi) is 3.39. The Bertz CT molecular complexity index is 734. The smallest absolute Gasteiger partial charge is 0.231 e. The Morgan fingerprint density at radius 2 is 2.05 bits per heavy atom. The largest absolute Gasteiger partial charge is 0.496 e. The lowest BCUT2D eigenvalue weighted by Crippen LogP contribution is -2.02. The molecule has 1 heterocycles. The van der Waals surface area contributed by atoms with Crippen molar-refractivity contribution in [2.75, 3.05) is 13.7 Å². The first-order chi connectivity index (χ1) is 9.81. The summed E-state index contributed by atoms with van der Waals surface area (Å²) in [6.45, 7) is 0.628. The maximum absolute atomic E-state index is 5.81. The summed E-state index contributed by atoms with van der Waals surface area (Å²) in [5.41, 5.74) is 9.21. The van der Waals surface area contributed by atoms with Crippen LogP contribution >= 0.6 is 0 Å². The van der Waals surface area contributed by atoms with Crippen molar-refractivity contribution in [2.45, 2.75) is 6.42 Å². The number of nitrogens with two attached hydrogens (primary N) is 1. The number of methoxy groups -OCH3 is 1. The molecule has 0 bridgehead atoms. The van der Waals surface area contributed by atoms with Gasteiger partial charge in [0.25, 0.3) is 0 Å². The number of rotatable bonds is 4. The maximum atomic E-state index is 5.81. The molecule has 1 aromatic heterocycles. The standard InChI is InChI=1S/C16H16N2O2/c1-19-14-5-3-2-4-12(14)16-18-13-10-11(8-9-17)6-7-15(13)20-16/h2-7,10H,8-9,17H2,1H3. The molecule has 0 aliphatic rings. The summed E-state index contributed by atoms with van der Waals surface area (Å²) < 4.78 is 11.1. The summed E-state index contributed by atoms with van der Waals surface area (Å²) >= 11 is 0. The van der Waals surface area contributed by atoms with Crippen molar-refractivity contribution in [2.24, 2.45) is 5.73 Å². The van der Waals surface area contributed by atoms with E-state index in [2.05, 4.69) is 4.98 Å². The molecule has 0 unspecified atom stereocenters. The number of fused-ring (bicyclic) bond motifs is 1. The molecular formula is C16H16N2O2. The van der Waals surface area contributed by atoms with Crippen molar-refractivity contribution in [3.05, 3.63) is 48.0 Å². The van der Waals surface area contributed by atoms with E-state index in [9.17, 15) is 0 Å². The molecule has 4 heteroatoms. The molecule has 0 aliphatic heterocycles. The summed E-state index contributed by atoms with van der Waals surface area (Å²) in [6, 6.07) is 13.7. The van der Waals surface area contributed by atoms with Crippen LogP contribution in [0, 0.1) is 0 Å². The molecular weight excluding hydrogens is 252 g/mol. The predicted octanol–water partition coefficient (Wildman–Crippen LogP) is 3.00. The zero-order valence-electron chi connectivity index (χ0n) is 11.3. The van der Waals surface area contributed by atoms with Gasteiger partial charge in [-0.15, -0.1) is 0 Å². The van der Waals surface area contributed by atoms with E-state index in [1.54, 1.807) is 7.11 Å². The molecule has 0 spiro atoms. The van der Waals surface area contributed by atoms with Crippen LogP contribution in [-0.2, 0) is 6.42 Å². The third-order valence-corrected chi connectivity index (χ3v) is 3.22. The predicted molar refractivity (Wildman–Crippen MR) is 78.8 cm³/mol. The first-order valence-electron chi connectivity index (χ1n) is 6.55. The van der Waals surface area contributed by atoms with Gasteiger partial charge in [-0.05, 0) is 42.8 Å². The van der Waals surface area contributed by atoms with Gasteiger partial charge in [0.05, 0.1) is 12.7 Å². The number of para-hydroxylation sites is 1. The van der Waals surface area contributed by atoms with Crippen LogP contribution in [-0.4, -0.2) is 18.6 Å². The van der Waals surface area contributed by atoms with Crippen molar-refractivity contribution < 1.29 is 9.15 Å². The summed E-state index contributed by atoms with van der Waals surface area (Å²) in [7, 11) is 1.64. The van der Waals surface area contributed by atoms with Gasteiger partial charge < -0.3 is 14.9 Å². The van der Waals surface area contributed by atoms with E-state index in [-0.39, 0.29) is 0 Å². The molecule has 102 valence electrons. The minimum atomic E-state index is 0.572. The van der Waals surface area contributed by atoms with Crippen LogP contribution in [0.3, 0.4) is 0 Å². The molecule has 20 heavy (non-hydrogen) atoms. The lowest BCUT2D eigenvalue weighted by atomic mass is 10.1. The number of benzene rings is 2. The van der Waals surface area contributed by atoms with Gasteiger partial charge in [-0.3, -0.25) is 0 Å². The molecule has 0 fully saturated rings. The number of hydrogen-bond acceptors (Lipinski definition) is 4. The minimum Gasteiger partial charge on any atom is -0.496 e. The average Bonchev–Trinajstić information content (AvgIpc) is 2.90. The molecule has 0 atom stereocenters. The van der Waals surface area contributed by atoms with Gasteiger partial charge in [0.1, 0.15) is 11.3 Å². The molecule has 0 radical (unpaired) electrons. The summed E-state index contributed by atoms with van der Waals surface area (Å²) in [4.78, 5) is 4.55. The minimum absolute atomic E-state index is 0.572. The normalized spacial score (nSPS) is 10.9. The van der Waals surface area contributed by atoms with Crippen molar-refractivity contribution in [3.8, 4) is 17.2 Å². The van der Waals surface area contributed by atoms with Crippen LogP contribution in [0.1, 0.15) is 5.56 Å². The molecule has 2 aromatic carbocycles. The van der Waals surface area contributed by atoms with E-state index in [1.165, 1.54) is 5.56 Å². The summed E-state index contributed by atoms with van der Waals surface area (Å²) in [5, 5.41) is 0. The fraction of sp³-hybridized carbons (Fsp3) is 0.188. The van der Waals surface area contributed by atoms with E-state index in [0.29, 0.717) is 12.4 Å². The number of ether oxygens (including phenoxy) is 1. The highest BCUT2D eigenvalue weighted by Gasteiger charge is 2.12. The van der Waals surface area contributed by atoms with Crippen LogP contribution in [0.15, 0.2) is 46.9 Å². The van der Waals surface area contributed by atoms with Crippen LogP contribution in [0.4, 0.5) is 0 Å². The van der Waals surface area contributed by atoms with Crippen LogP contribution in [0.2, 0.25) is 0 Å². The second kappa shape index (κ2) is 5.35. The van der Waals surface area contributed by atoms with Crippen molar-refractivity contribution in [3.63, 3.8) is 0 Å². The molecule has 0 amide bonds. The first kappa shape index (κ1) is 12.7. The molecule has 4 nitrogen and oxygen atoms in total. The van der Waals surface area contributed by atoms with Crippen LogP contribution in [0.5, 0.6) is 5.75 Å². The van der Waals surface area contributed by atoms with Crippen molar-refractivity contribution >= 4 is 11.1 Å². The van der Waals surface area contributed by atoms with Crippen LogP contribution in [0.25, 0.3) is 22.6 Å². The Hall–Kier alpha value is -2.33. The number of oxazole rings is 1. The van der Waals surface area contributed by atoms with Gasteiger partial charge in [0.2, 0.25) is 5.89 Å². The van der Waals surface area contributed by atoms with Gasteiger partial charge in [-0.2, -0.15) is 0 Å². The number of hydrogen-bond donors (Lipinski definition) is 1. The van der Waals surface area contributed by atoms with Gasteiger partial charge in [-0.1, -0.05) is 18.2 Å². The van der Waals surface area contributed by atoms with Gasteiger partial charge >= 0.3 is 0 Å². The van der Waals surface area contributed by atoms with Gasteiger partial charge in [0.15, 0.2) is 5.58 Å². The first-order valence-corrected chi connectivity index (χ1v) is 6.55. The fourth-order valence-electron chi connectivity index (χ4n) is 2.23. The Balaban J connectivity index is 2.08. The Labute approximate surface area is 117 Å². The molecule has 3 rings (SSSR count). The summed E-state index contributed by atoms with van der Waals surface area (Å²) in [5.74, 6) is 1.32. The van der Waals surface area contributed by atoms with Gasteiger partial charge in [0, 0.05) is 0 Å². The average molecular weight is 268 g/mol. The number of nitrogens with zero attached hydrogens (tertiary/aromatic N) is 1. The van der Waals surface area contributed by atoms with E-state index >= 15 is 0 Å². The monoisotopic (exact) mass is 268 g/mol. The number of aromatic nitrogens is 1. The lowest BCUT2D eigenvalue weighted by molar-refractivity contribution is 0.414. The van der Waals surface area contributed by atoms with E-state index < -0.39 is 0 Å². The molecule has 3 aromatic rings. The quantitative estimate of drug-likeness (QED) is 0.790. The third-order valence-electron chi connectivity index (χ3n) is 3.22. The molecule has 2 N–H and O–H groups in total. The highest BCUT2D eigenvalue weighted by atomic mass is 16.5. The van der Waals surface area contributed by atoms with E-state index in [0.717, 1.165) is 28.8 Å². The van der Waals surface area contributed by atoms with Crippen molar-refractivity contribution in [1.29, 1.82) is 0 Å². The summed E-state index contributed by atoms with van der Waals surface area (Å²) in [6.07, 6.45) is 0.840. The molecule has 0 saturated heterocycles. The van der Waals surface area contributed by atoms with E-state index in [4.69, 9.17) is 14.9 Å². The SMILES string of the molecule is COc1ccccc1-c1nc2cc(CCN)ccc2o1. The second-order valence-corrected chi connectivity index (χ2v) is 4.56. The molecule has 0 aliphatic carbocycles. The zero-order chi connectivity index (χ0) is 13.9. The van der Waals surface area contributed by atoms with Crippen LogP contribution < -0.4 is 10.5 Å².